The first-order valence-electron chi connectivity index (χ1n) is 3.20. The van der Waals surface area contributed by atoms with Crippen LogP contribution in [0.4, 0.5) is 0 Å². The van der Waals surface area contributed by atoms with Crippen LogP contribution in [-0.4, -0.2) is 0 Å². The van der Waals surface area contributed by atoms with Crippen molar-refractivity contribution in [3.8, 4) is 11.5 Å². The minimum absolute atomic E-state index is 0.190. The molecule has 0 aliphatic heterocycles. The van der Waals surface area contributed by atoms with Gasteiger partial charge in [0.15, 0.2) is 11.5 Å². The molecule has 0 spiro atoms. The lowest BCUT2D eigenvalue weighted by molar-refractivity contribution is 0.332. The van der Waals surface area contributed by atoms with Crippen molar-refractivity contribution in [3.63, 3.8) is 0 Å². The predicted molar refractivity (Wildman–Crippen MR) is 36.1 cm³/mol. The quantitative estimate of drug-likeness (QED) is 0.569. The van der Waals surface area contributed by atoms with Gasteiger partial charge in [0, 0.05) is 6.07 Å². The second kappa shape index (κ2) is 2.60. The average Bonchev–Trinajstić information content (AvgIpc) is 1.85. The maximum atomic E-state index is 10.7. The highest BCUT2D eigenvalue weighted by molar-refractivity contribution is 5.36. The Bertz CT molecular complexity index is 210. The molecule has 1 aromatic carbocycles. The molecular formula is C8H8O2. The number of aryl methyl sites for hydroxylation is 1. The minimum Gasteiger partial charge on any atom is -0.290 e. The van der Waals surface area contributed by atoms with E-state index in [9.17, 15) is 10.2 Å². The second-order valence-corrected chi connectivity index (χ2v) is 2.17. The van der Waals surface area contributed by atoms with E-state index >= 15 is 0 Å². The third-order valence-electron chi connectivity index (χ3n) is 1.35. The van der Waals surface area contributed by atoms with Gasteiger partial charge in [-0.05, 0) is 24.1 Å². The first-order chi connectivity index (χ1) is 4.72. The molecule has 2 heteroatoms. The van der Waals surface area contributed by atoms with E-state index in [1.807, 2.05) is 6.92 Å². The van der Waals surface area contributed by atoms with Crippen molar-refractivity contribution >= 4 is 0 Å². The topological polar surface area (TPSA) is 39.8 Å². The molecule has 0 fully saturated rings. The Morgan fingerprint density at radius 1 is 1.10 bits per heavy atom. The molecule has 1 rings (SSSR count). The molecule has 0 atom stereocenters. The van der Waals surface area contributed by atoms with E-state index in [1.54, 1.807) is 0 Å². The molecule has 0 heterocycles. The molecule has 0 saturated heterocycles. The molecule has 10 heavy (non-hydrogen) atoms. The van der Waals surface area contributed by atoms with Crippen molar-refractivity contribution in [1.29, 1.82) is 0 Å². The van der Waals surface area contributed by atoms with Crippen molar-refractivity contribution in [2.24, 2.45) is 0 Å². The first-order valence-corrected chi connectivity index (χ1v) is 3.20. The molecule has 0 amide bonds. The Morgan fingerprint density at radius 2 is 1.60 bits per heavy atom. The summed E-state index contributed by atoms with van der Waals surface area (Å²) in [6.45, 7) is 1.91. The predicted octanol–water partition coefficient (Wildman–Crippen LogP) is 2.54. The van der Waals surface area contributed by atoms with Crippen molar-refractivity contribution in [2.75, 3.05) is 0 Å². The molecule has 0 saturated carbocycles. The van der Waals surface area contributed by atoms with Crippen LogP contribution in [0.2, 0.25) is 0 Å². The van der Waals surface area contributed by atoms with Crippen LogP contribution in [0.5, 0.6) is 11.5 Å². The van der Waals surface area contributed by atoms with Crippen LogP contribution >= 0.6 is 0 Å². The molecular weight excluding hydrogens is 128 g/mol. The Hall–Kier alpha value is -1.18. The van der Waals surface area contributed by atoms with Gasteiger partial charge in [0.05, 0.1) is 0 Å². The summed E-state index contributed by atoms with van der Waals surface area (Å²) in [4.78, 5) is 0. The minimum atomic E-state index is -0.190. The Balaban J connectivity index is 3.06. The smallest absolute Gasteiger partial charge is 0.182 e. The zero-order chi connectivity index (χ0) is 7.56. The first kappa shape index (κ1) is 6.93. The lowest BCUT2D eigenvalue weighted by Gasteiger charge is -1.94. The summed E-state index contributed by atoms with van der Waals surface area (Å²) in [7, 11) is 0. The molecule has 2 radical (unpaired) electrons. The molecule has 0 aliphatic carbocycles. The van der Waals surface area contributed by atoms with E-state index < -0.39 is 0 Å². The van der Waals surface area contributed by atoms with E-state index in [-0.39, 0.29) is 11.5 Å². The standard InChI is InChI=1S/C8H8O2/c1-2-6-3-7(9)5-8(10)4-6/h3-5H,2H2,1H3. The van der Waals surface area contributed by atoms with Crippen molar-refractivity contribution in [1.82, 2.24) is 0 Å². The molecule has 0 aromatic heterocycles. The van der Waals surface area contributed by atoms with Crippen LogP contribution in [-0.2, 0) is 16.6 Å². The van der Waals surface area contributed by atoms with Gasteiger partial charge in [0.1, 0.15) is 0 Å². The monoisotopic (exact) mass is 136 g/mol. The third kappa shape index (κ3) is 1.41. The van der Waals surface area contributed by atoms with Gasteiger partial charge in [-0.3, -0.25) is 10.2 Å². The summed E-state index contributed by atoms with van der Waals surface area (Å²) in [5.74, 6) is -0.381. The number of hydrogen-bond acceptors (Lipinski definition) is 0. The van der Waals surface area contributed by atoms with E-state index in [2.05, 4.69) is 0 Å². The molecule has 2 nitrogen and oxygen atoms in total. The number of hydrogen-bond donors (Lipinski definition) is 0. The molecule has 1 aromatic rings. The van der Waals surface area contributed by atoms with Gasteiger partial charge >= 0.3 is 0 Å². The van der Waals surface area contributed by atoms with Gasteiger partial charge < -0.3 is 0 Å². The van der Waals surface area contributed by atoms with Gasteiger partial charge in [-0.1, -0.05) is 6.92 Å². The van der Waals surface area contributed by atoms with E-state index in [1.165, 1.54) is 12.1 Å². The van der Waals surface area contributed by atoms with Gasteiger partial charge in [0.25, 0.3) is 0 Å². The van der Waals surface area contributed by atoms with Crippen molar-refractivity contribution in [2.45, 2.75) is 13.3 Å². The molecule has 0 N–H and O–H groups in total. The number of rotatable bonds is 1. The van der Waals surface area contributed by atoms with Gasteiger partial charge in [-0.15, -0.1) is 0 Å². The average molecular weight is 136 g/mol. The maximum Gasteiger partial charge on any atom is 0.182 e. The Kier molecular flexibility index (Phi) is 1.81. The summed E-state index contributed by atoms with van der Waals surface area (Å²) in [6.07, 6.45) is 0.741. The third-order valence-corrected chi connectivity index (χ3v) is 1.35. The van der Waals surface area contributed by atoms with E-state index in [0.717, 1.165) is 18.1 Å². The highest BCUT2D eigenvalue weighted by atomic mass is 16.3. The summed E-state index contributed by atoms with van der Waals surface area (Å²) in [5, 5.41) is 21.3. The van der Waals surface area contributed by atoms with E-state index in [4.69, 9.17) is 0 Å². The largest absolute Gasteiger partial charge is 0.290 e. The van der Waals surface area contributed by atoms with Crippen molar-refractivity contribution < 1.29 is 10.2 Å². The van der Waals surface area contributed by atoms with E-state index in [0.29, 0.717) is 0 Å². The van der Waals surface area contributed by atoms with Crippen LogP contribution < -0.4 is 0 Å². The SMILES string of the molecule is CCc1cc([O])cc([O])c1. The normalized spacial score (nSPS) is 9.70. The molecule has 0 aliphatic rings. The molecule has 0 bridgehead atoms. The fraction of sp³-hybridized carbons (Fsp3) is 0.250. The van der Waals surface area contributed by atoms with Crippen LogP contribution in [0.25, 0.3) is 0 Å². The number of benzene rings is 1. The lowest BCUT2D eigenvalue weighted by atomic mass is 10.1. The summed E-state index contributed by atoms with van der Waals surface area (Å²) in [6, 6.07) is 4.07. The summed E-state index contributed by atoms with van der Waals surface area (Å²) >= 11 is 0. The molecule has 0 unspecified atom stereocenters. The highest BCUT2D eigenvalue weighted by Crippen LogP contribution is 2.21. The van der Waals surface area contributed by atoms with Crippen LogP contribution in [0.15, 0.2) is 18.2 Å². The fourth-order valence-corrected chi connectivity index (χ4v) is 0.835. The van der Waals surface area contributed by atoms with Crippen LogP contribution in [0.3, 0.4) is 0 Å². The second-order valence-electron chi connectivity index (χ2n) is 2.17. The fourth-order valence-electron chi connectivity index (χ4n) is 0.835. The lowest BCUT2D eigenvalue weighted by Crippen LogP contribution is -1.76. The van der Waals surface area contributed by atoms with Crippen molar-refractivity contribution in [3.05, 3.63) is 23.8 Å². The zero-order valence-corrected chi connectivity index (χ0v) is 5.76. The van der Waals surface area contributed by atoms with Crippen LogP contribution in [0, 0.1) is 0 Å². The Morgan fingerprint density at radius 3 is 2.00 bits per heavy atom. The van der Waals surface area contributed by atoms with Crippen LogP contribution in [0.1, 0.15) is 12.5 Å². The highest BCUT2D eigenvalue weighted by Gasteiger charge is 1.98. The zero-order valence-electron chi connectivity index (χ0n) is 5.76. The Labute approximate surface area is 59.7 Å². The van der Waals surface area contributed by atoms with Gasteiger partial charge in [0.2, 0.25) is 0 Å². The summed E-state index contributed by atoms with van der Waals surface area (Å²) < 4.78 is 0. The summed E-state index contributed by atoms with van der Waals surface area (Å²) in [5.41, 5.74) is 0.817. The van der Waals surface area contributed by atoms with Gasteiger partial charge in [-0.2, -0.15) is 0 Å². The maximum absolute atomic E-state index is 10.7. The van der Waals surface area contributed by atoms with Gasteiger partial charge in [-0.25, -0.2) is 0 Å². The molecule has 52 valence electrons.